The van der Waals surface area contributed by atoms with Gasteiger partial charge in [0.05, 0.1) is 28.9 Å². The smallest absolute Gasteiger partial charge is 0.303 e. The van der Waals surface area contributed by atoms with Crippen LogP contribution in [0.15, 0.2) is 78.4 Å². The summed E-state index contributed by atoms with van der Waals surface area (Å²) in [6.07, 6.45) is 4.16. The number of amides is 4. The number of hydrogen-bond donors (Lipinski definition) is 2. The van der Waals surface area contributed by atoms with Crippen molar-refractivity contribution in [3.05, 3.63) is 83.9 Å². The van der Waals surface area contributed by atoms with Crippen LogP contribution >= 0.6 is 0 Å². The lowest BCUT2D eigenvalue weighted by Crippen LogP contribution is -2.49. The molecule has 0 spiro atoms. The lowest BCUT2D eigenvalue weighted by molar-refractivity contribution is -0.141. The Hall–Kier alpha value is -4.79. The van der Waals surface area contributed by atoms with Crippen LogP contribution in [0.4, 0.5) is 5.69 Å². The summed E-state index contributed by atoms with van der Waals surface area (Å²) in [5.74, 6) is -5.25. The predicted octanol–water partition coefficient (Wildman–Crippen LogP) is 5.42. The number of para-hydroxylation sites is 1. The molecule has 3 fully saturated rings. The van der Waals surface area contributed by atoms with E-state index in [0.717, 1.165) is 16.3 Å². The standard InChI is InChI=1S/C37H36N2O7/c1-37-27(34(44)39(36(37)46)22-11-4-2-5-12-22)20-26-24(32(37)31-23-13-8-7-10-21(23)15-18-28(31)40)16-17-25-30(26)35(45)38(33(25)43)19-9-3-6-14-29(41)42/h2,4-5,7-8,10-13,15-16,18,25-27,30,32,40H,3,6,9,14,17,19-20H2,1H3,(H,41,42). The van der Waals surface area contributed by atoms with Crippen LogP contribution in [0.2, 0.25) is 0 Å². The van der Waals surface area contributed by atoms with Crippen molar-refractivity contribution in [2.75, 3.05) is 11.4 Å². The summed E-state index contributed by atoms with van der Waals surface area (Å²) in [6.45, 7) is 2.04. The zero-order chi connectivity index (χ0) is 32.3. The zero-order valence-corrected chi connectivity index (χ0v) is 25.6. The zero-order valence-electron chi connectivity index (χ0n) is 25.6. The molecule has 2 saturated heterocycles. The second-order valence-corrected chi connectivity index (χ2v) is 13.2. The topological polar surface area (TPSA) is 132 Å². The summed E-state index contributed by atoms with van der Waals surface area (Å²) in [4.78, 5) is 70.1. The number of allylic oxidation sites excluding steroid dienone is 2. The van der Waals surface area contributed by atoms with Crippen LogP contribution in [0.5, 0.6) is 5.75 Å². The SMILES string of the molecule is CC12C(=O)N(c3ccccc3)C(=O)C1CC1C(=CCC3C(=O)N(CCCCCC(=O)O)C(=O)C31)C2c1c(O)ccc2ccccc12. The van der Waals surface area contributed by atoms with E-state index in [2.05, 4.69) is 0 Å². The second kappa shape index (κ2) is 11.2. The van der Waals surface area contributed by atoms with Gasteiger partial charge in [0.2, 0.25) is 23.6 Å². The number of unbranched alkanes of at least 4 members (excludes halogenated alkanes) is 2. The maximum Gasteiger partial charge on any atom is 0.303 e. The number of rotatable bonds is 8. The molecule has 6 unspecified atom stereocenters. The number of phenols is 1. The van der Waals surface area contributed by atoms with Crippen LogP contribution in [-0.2, 0) is 24.0 Å². The highest BCUT2D eigenvalue weighted by atomic mass is 16.4. The molecule has 4 aliphatic rings. The van der Waals surface area contributed by atoms with Gasteiger partial charge in [0.15, 0.2) is 0 Å². The van der Waals surface area contributed by atoms with Gasteiger partial charge in [0, 0.05) is 24.4 Å². The largest absolute Gasteiger partial charge is 0.508 e. The molecule has 46 heavy (non-hydrogen) atoms. The Labute approximate surface area is 266 Å². The molecule has 6 atom stereocenters. The molecule has 0 aromatic heterocycles. The molecular formula is C37H36N2O7. The second-order valence-electron chi connectivity index (χ2n) is 13.2. The minimum absolute atomic E-state index is 0.0163. The monoisotopic (exact) mass is 620 g/mol. The number of fused-ring (bicyclic) bond motifs is 5. The molecule has 0 radical (unpaired) electrons. The number of aromatic hydroxyl groups is 1. The third-order valence-corrected chi connectivity index (χ3v) is 10.9. The third kappa shape index (κ3) is 4.39. The first-order valence-corrected chi connectivity index (χ1v) is 16.1. The van der Waals surface area contributed by atoms with E-state index in [1.165, 1.54) is 9.80 Å². The molecule has 1 saturated carbocycles. The van der Waals surface area contributed by atoms with Crippen molar-refractivity contribution in [3.63, 3.8) is 0 Å². The predicted molar refractivity (Wildman–Crippen MR) is 169 cm³/mol. The van der Waals surface area contributed by atoms with Crippen LogP contribution in [0.25, 0.3) is 10.8 Å². The number of aliphatic carboxylic acids is 1. The lowest BCUT2D eigenvalue weighted by atomic mass is 9.51. The molecule has 4 amide bonds. The van der Waals surface area contributed by atoms with E-state index in [4.69, 9.17) is 5.11 Å². The number of nitrogens with zero attached hydrogens (tertiary/aromatic N) is 2. The number of imide groups is 2. The molecule has 236 valence electrons. The number of carbonyl (C=O) groups excluding carboxylic acids is 4. The highest BCUT2D eigenvalue weighted by Crippen LogP contribution is 2.65. The summed E-state index contributed by atoms with van der Waals surface area (Å²) in [6, 6.07) is 19.9. The van der Waals surface area contributed by atoms with Gasteiger partial charge in [0.1, 0.15) is 5.75 Å². The van der Waals surface area contributed by atoms with Crippen molar-refractivity contribution in [1.82, 2.24) is 4.90 Å². The average molecular weight is 621 g/mol. The van der Waals surface area contributed by atoms with Gasteiger partial charge in [0.25, 0.3) is 0 Å². The number of anilines is 1. The van der Waals surface area contributed by atoms with Gasteiger partial charge >= 0.3 is 5.97 Å². The van der Waals surface area contributed by atoms with Crippen LogP contribution < -0.4 is 4.90 Å². The summed E-state index contributed by atoms with van der Waals surface area (Å²) >= 11 is 0. The Bertz CT molecular complexity index is 1820. The average Bonchev–Trinajstić information content (AvgIpc) is 3.41. The fraction of sp³-hybridized carbons (Fsp3) is 0.378. The summed E-state index contributed by atoms with van der Waals surface area (Å²) < 4.78 is 0. The quantitative estimate of drug-likeness (QED) is 0.195. The molecule has 2 N–H and O–H groups in total. The Kier molecular flexibility index (Phi) is 7.30. The molecule has 9 heteroatoms. The van der Waals surface area contributed by atoms with Crippen molar-refractivity contribution in [2.45, 2.75) is 51.4 Å². The molecule has 0 bridgehead atoms. The van der Waals surface area contributed by atoms with Crippen LogP contribution in [0.1, 0.15) is 56.9 Å². The van der Waals surface area contributed by atoms with Crippen LogP contribution in [-0.4, -0.2) is 51.3 Å². The lowest BCUT2D eigenvalue weighted by Gasteiger charge is -2.49. The number of carboxylic acid groups (broad SMARTS) is 1. The van der Waals surface area contributed by atoms with Gasteiger partial charge in [-0.15, -0.1) is 0 Å². The number of carboxylic acids is 1. The van der Waals surface area contributed by atoms with Gasteiger partial charge in [-0.3, -0.25) is 28.9 Å². The molecular weight excluding hydrogens is 584 g/mol. The number of benzene rings is 3. The van der Waals surface area contributed by atoms with Crippen molar-refractivity contribution in [3.8, 4) is 5.75 Å². The molecule has 3 aromatic rings. The highest BCUT2D eigenvalue weighted by molar-refractivity contribution is 6.24. The summed E-state index contributed by atoms with van der Waals surface area (Å²) in [5, 5.41) is 22.1. The third-order valence-electron chi connectivity index (χ3n) is 10.9. The van der Waals surface area contributed by atoms with Crippen LogP contribution in [0.3, 0.4) is 0 Å². The Morgan fingerprint density at radius 3 is 2.37 bits per heavy atom. The van der Waals surface area contributed by atoms with Crippen molar-refractivity contribution in [1.29, 1.82) is 0 Å². The minimum atomic E-state index is -1.25. The maximum absolute atomic E-state index is 14.6. The van der Waals surface area contributed by atoms with Crippen molar-refractivity contribution >= 4 is 46.1 Å². The van der Waals surface area contributed by atoms with Crippen molar-refractivity contribution < 1.29 is 34.2 Å². The molecule has 2 aliphatic carbocycles. The Morgan fingerprint density at radius 1 is 0.870 bits per heavy atom. The molecule has 3 aromatic carbocycles. The van der Waals surface area contributed by atoms with Gasteiger partial charge < -0.3 is 10.2 Å². The number of hydrogen-bond acceptors (Lipinski definition) is 6. The normalized spacial score (nSPS) is 28.7. The number of likely N-dealkylation sites (tertiary alicyclic amines) is 1. The molecule has 9 nitrogen and oxygen atoms in total. The van der Waals surface area contributed by atoms with E-state index < -0.39 is 41.0 Å². The Balaban J connectivity index is 1.33. The van der Waals surface area contributed by atoms with Gasteiger partial charge in [-0.2, -0.15) is 0 Å². The van der Waals surface area contributed by atoms with E-state index in [-0.39, 0.29) is 48.8 Å². The Morgan fingerprint density at radius 2 is 1.61 bits per heavy atom. The summed E-state index contributed by atoms with van der Waals surface area (Å²) in [5.41, 5.74) is 0.611. The molecule has 2 aliphatic heterocycles. The van der Waals surface area contributed by atoms with E-state index in [1.807, 2.05) is 49.4 Å². The van der Waals surface area contributed by atoms with Crippen LogP contribution in [0, 0.1) is 29.1 Å². The number of phenolic OH excluding ortho intramolecular Hbond substituents is 1. The first-order chi connectivity index (χ1) is 22.1. The van der Waals surface area contributed by atoms with E-state index in [0.29, 0.717) is 36.9 Å². The van der Waals surface area contributed by atoms with E-state index in [1.54, 1.807) is 30.3 Å². The van der Waals surface area contributed by atoms with Gasteiger partial charge in [-0.25, -0.2) is 4.90 Å². The maximum atomic E-state index is 14.6. The fourth-order valence-corrected chi connectivity index (χ4v) is 8.74. The fourth-order valence-electron chi connectivity index (χ4n) is 8.74. The molecule has 7 rings (SSSR count). The molecule has 2 heterocycles. The first-order valence-electron chi connectivity index (χ1n) is 16.1. The van der Waals surface area contributed by atoms with Gasteiger partial charge in [-0.05, 0) is 67.5 Å². The van der Waals surface area contributed by atoms with E-state index in [9.17, 15) is 29.1 Å². The first kappa shape index (κ1) is 29.9. The van der Waals surface area contributed by atoms with Crippen molar-refractivity contribution in [2.24, 2.45) is 29.1 Å². The van der Waals surface area contributed by atoms with E-state index >= 15 is 0 Å². The van der Waals surface area contributed by atoms with Gasteiger partial charge in [-0.1, -0.05) is 66.6 Å². The number of carbonyl (C=O) groups is 5. The summed E-state index contributed by atoms with van der Waals surface area (Å²) in [7, 11) is 0. The minimum Gasteiger partial charge on any atom is -0.508 e. The highest BCUT2D eigenvalue weighted by Gasteiger charge is 2.68.